The van der Waals surface area contributed by atoms with Crippen LogP contribution in [-0.2, 0) is 9.53 Å². The Morgan fingerprint density at radius 1 is 1.27 bits per heavy atom. The molecule has 1 aliphatic carbocycles. The summed E-state index contributed by atoms with van der Waals surface area (Å²) in [5, 5.41) is 0. The minimum absolute atomic E-state index is 0.103. The van der Waals surface area contributed by atoms with E-state index in [9.17, 15) is 18.0 Å². The Kier molecular flexibility index (Phi) is 2.48. The lowest BCUT2D eigenvalue weighted by molar-refractivity contribution is -0.140. The van der Waals surface area contributed by atoms with E-state index in [4.69, 9.17) is 4.74 Å². The van der Waals surface area contributed by atoms with Gasteiger partial charge >= 0.3 is 12.1 Å². The van der Waals surface area contributed by atoms with Gasteiger partial charge < -0.3 is 4.74 Å². The summed E-state index contributed by atoms with van der Waals surface area (Å²) in [5.41, 5.74) is -0.188. The van der Waals surface area contributed by atoms with Crippen molar-refractivity contribution in [1.82, 2.24) is 0 Å². The second-order valence-corrected chi connectivity index (χ2v) is 3.98. The molecule has 2 rings (SSSR count). The number of esters is 1. The third kappa shape index (κ3) is 2.16. The Morgan fingerprint density at radius 3 is 2.60 bits per heavy atom. The summed E-state index contributed by atoms with van der Waals surface area (Å²) in [6.45, 7) is 0. The summed E-state index contributed by atoms with van der Waals surface area (Å²) in [5.74, 6) is -1.13. The van der Waals surface area contributed by atoms with Crippen LogP contribution in [0, 0.1) is 5.92 Å². The number of alkyl halides is 3. The zero-order valence-corrected chi connectivity index (χ0v) is 8.01. The van der Waals surface area contributed by atoms with Crippen molar-refractivity contribution in [2.24, 2.45) is 5.92 Å². The predicted molar refractivity (Wildman–Crippen MR) is 46.0 cm³/mol. The molecule has 2 aliphatic rings. The summed E-state index contributed by atoms with van der Waals surface area (Å²) < 4.78 is 41.4. The first kappa shape index (κ1) is 10.5. The number of ether oxygens (including phenoxy) is 1. The van der Waals surface area contributed by atoms with E-state index in [0.717, 1.165) is 12.8 Å². The topological polar surface area (TPSA) is 26.3 Å². The first-order valence-corrected chi connectivity index (χ1v) is 4.98. The maximum atomic E-state index is 12.2. The van der Waals surface area contributed by atoms with Crippen molar-refractivity contribution in [2.45, 2.75) is 38.0 Å². The molecular weight excluding hydrogens is 209 g/mol. The van der Waals surface area contributed by atoms with Gasteiger partial charge in [-0.05, 0) is 19.3 Å². The van der Waals surface area contributed by atoms with Crippen LogP contribution in [0.15, 0.2) is 11.6 Å². The molecule has 2 atom stereocenters. The fourth-order valence-corrected chi connectivity index (χ4v) is 2.29. The molecule has 0 radical (unpaired) electrons. The van der Waals surface area contributed by atoms with E-state index >= 15 is 0 Å². The van der Waals surface area contributed by atoms with Gasteiger partial charge in [0.1, 0.15) is 6.10 Å². The van der Waals surface area contributed by atoms with Gasteiger partial charge in [-0.1, -0.05) is 6.42 Å². The van der Waals surface area contributed by atoms with Crippen molar-refractivity contribution in [3.63, 3.8) is 0 Å². The number of halogens is 3. The molecule has 2 unspecified atom stereocenters. The van der Waals surface area contributed by atoms with Crippen LogP contribution >= 0.6 is 0 Å². The lowest BCUT2D eigenvalue weighted by Gasteiger charge is -2.22. The monoisotopic (exact) mass is 220 g/mol. The lowest BCUT2D eigenvalue weighted by atomic mass is 9.83. The molecule has 1 aliphatic heterocycles. The van der Waals surface area contributed by atoms with Crippen molar-refractivity contribution in [3.8, 4) is 0 Å². The molecule has 0 aromatic heterocycles. The number of hydrogen-bond donors (Lipinski definition) is 0. The summed E-state index contributed by atoms with van der Waals surface area (Å²) in [4.78, 5) is 11.2. The van der Waals surface area contributed by atoms with Crippen molar-refractivity contribution in [3.05, 3.63) is 11.6 Å². The molecule has 0 amide bonds. The average Bonchev–Trinajstić information content (AvgIpc) is 2.41. The zero-order chi connectivity index (χ0) is 11.1. The number of fused-ring (bicyclic) bond motifs is 1. The lowest BCUT2D eigenvalue weighted by Crippen LogP contribution is -2.21. The Labute approximate surface area is 85.1 Å². The van der Waals surface area contributed by atoms with E-state index in [0.29, 0.717) is 12.8 Å². The number of hydrogen-bond acceptors (Lipinski definition) is 2. The van der Waals surface area contributed by atoms with Gasteiger partial charge in [0.25, 0.3) is 0 Å². The van der Waals surface area contributed by atoms with Gasteiger partial charge in [-0.15, -0.1) is 0 Å². The molecule has 1 saturated heterocycles. The number of carbonyl (C=O) groups excluding carboxylic acids is 1. The third-order valence-electron chi connectivity index (χ3n) is 2.92. The zero-order valence-electron chi connectivity index (χ0n) is 8.01. The summed E-state index contributed by atoms with van der Waals surface area (Å²) in [6.07, 6.45) is -1.55. The molecule has 2 nitrogen and oxygen atoms in total. The maximum Gasteiger partial charge on any atom is 0.410 e. The first-order valence-electron chi connectivity index (χ1n) is 4.98. The predicted octanol–water partition coefficient (Wildman–Crippen LogP) is 2.59. The Bertz CT molecular complexity index is 306. The second kappa shape index (κ2) is 3.54. The fraction of sp³-hybridized carbons (Fsp3) is 0.700. The largest absolute Gasteiger partial charge is 0.458 e. The van der Waals surface area contributed by atoms with Gasteiger partial charge in [0, 0.05) is 17.6 Å². The highest BCUT2D eigenvalue weighted by molar-refractivity contribution is 5.91. The molecule has 0 N–H and O–H groups in total. The van der Waals surface area contributed by atoms with Crippen LogP contribution in [0.4, 0.5) is 13.2 Å². The second-order valence-electron chi connectivity index (χ2n) is 3.98. The molecule has 15 heavy (non-hydrogen) atoms. The molecule has 0 spiro atoms. The molecular formula is C10H11F3O2. The van der Waals surface area contributed by atoms with Crippen LogP contribution < -0.4 is 0 Å². The van der Waals surface area contributed by atoms with Crippen LogP contribution in [0.3, 0.4) is 0 Å². The average molecular weight is 220 g/mol. The van der Waals surface area contributed by atoms with Gasteiger partial charge in [-0.2, -0.15) is 13.2 Å². The minimum atomic E-state index is -4.43. The summed E-state index contributed by atoms with van der Waals surface area (Å²) >= 11 is 0. The molecule has 0 bridgehead atoms. The molecule has 84 valence electrons. The van der Waals surface area contributed by atoms with Crippen molar-refractivity contribution in [1.29, 1.82) is 0 Å². The normalized spacial score (nSPS) is 34.1. The third-order valence-corrected chi connectivity index (χ3v) is 2.92. The smallest absolute Gasteiger partial charge is 0.410 e. The molecule has 1 saturated carbocycles. The van der Waals surface area contributed by atoms with Gasteiger partial charge in [0.15, 0.2) is 0 Å². The minimum Gasteiger partial charge on any atom is -0.458 e. The van der Waals surface area contributed by atoms with Gasteiger partial charge in [0.05, 0.1) is 0 Å². The van der Waals surface area contributed by atoms with E-state index in [1.165, 1.54) is 0 Å². The molecule has 0 aromatic rings. The summed E-state index contributed by atoms with van der Waals surface area (Å²) in [7, 11) is 0. The summed E-state index contributed by atoms with van der Waals surface area (Å²) in [6, 6.07) is 0. The fourth-order valence-electron chi connectivity index (χ4n) is 2.29. The van der Waals surface area contributed by atoms with Crippen LogP contribution in [0.5, 0.6) is 0 Å². The quantitative estimate of drug-likeness (QED) is 0.463. The van der Waals surface area contributed by atoms with Gasteiger partial charge in [-0.25, -0.2) is 4.79 Å². The molecule has 1 heterocycles. The van der Waals surface area contributed by atoms with E-state index in [2.05, 4.69) is 0 Å². The van der Waals surface area contributed by atoms with E-state index < -0.39 is 12.1 Å². The highest BCUT2D eigenvalue weighted by Gasteiger charge is 2.43. The van der Waals surface area contributed by atoms with Crippen LogP contribution in [0.1, 0.15) is 25.7 Å². The number of allylic oxidation sites excluding steroid dienone is 1. The van der Waals surface area contributed by atoms with Gasteiger partial charge in [-0.3, -0.25) is 0 Å². The van der Waals surface area contributed by atoms with Crippen molar-refractivity contribution >= 4 is 5.97 Å². The first-order chi connectivity index (χ1) is 6.97. The van der Waals surface area contributed by atoms with E-state index in [-0.39, 0.29) is 23.7 Å². The molecule has 0 aromatic carbocycles. The van der Waals surface area contributed by atoms with Crippen LogP contribution in [0.2, 0.25) is 0 Å². The Morgan fingerprint density at radius 2 is 1.93 bits per heavy atom. The number of carbonyl (C=O) groups is 1. The SMILES string of the molecule is O=C1OC2CCCCC2/C1=C\C(F)(F)F. The van der Waals surface area contributed by atoms with Crippen LogP contribution in [-0.4, -0.2) is 18.2 Å². The van der Waals surface area contributed by atoms with E-state index in [1.54, 1.807) is 0 Å². The van der Waals surface area contributed by atoms with Crippen molar-refractivity contribution < 1.29 is 22.7 Å². The molecule has 2 fully saturated rings. The maximum absolute atomic E-state index is 12.2. The van der Waals surface area contributed by atoms with Crippen LogP contribution in [0.25, 0.3) is 0 Å². The highest BCUT2D eigenvalue weighted by atomic mass is 19.4. The Hall–Kier alpha value is -1.00. The highest BCUT2D eigenvalue weighted by Crippen LogP contribution is 2.39. The van der Waals surface area contributed by atoms with Gasteiger partial charge in [0.2, 0.25) is 0 Å². The standard InChI is InChI=1S/C10H11F3O2/c11-10(12,13)5-7-6-3-1-2-4-8(6)15-9(7)14/h5-6,8H,1-4H2/b7-5+. The Balaban J connectivity index is 2.24. The van der Waals surface area contributed by atoms with E-state index in [1.807, 2.05) is 0 Å². The number of rotatable bonds is 0. The molecule has 5 heteroatoms. The van der Waals surface area contributed by atoms with Crippen molar-refractivity contribution in [2.75, 3.05) is 0 Å².